The Balaban J connectivity index is 2.62. The summed E-state index contributed by atoms with van der Waals surface area (Å²) in [5, 5.41) is 9.35. The van der Waals surface area contributed by atoms with Crippen molar-refractivity contribution in [3.63, 3.8) is 0 Å². The normalized spacial score (nSPS) is 38.1. The molecule has 0 heterocycles. The molecule has 1 N–H and O–H groups in total. The quantitative estimate of drug-likeness (QED) is 0.583. The fourth-order valence-corrected chi connectivity index (χ4v) is 1.31. The van der Waals surface area contributed by atoms with Gasteiger partial charge in [-0.1, -0.05) is 0 Å². The van der Waals surface area contributed by atoms with Gasteiger partial charge in [-0.3, -0.25) is 4.79 Å². The van der Waals surface area contributed by atoms with Crippen molar-refractivity contribution in [2.75, 3.05) is 14.2 Å². The lowest BCUT2D eigenvalue weighted by Gasteiger charge is -2.15. The number of carbonyl (C=O) groups is 1. The molecule has 0 bridgehead atoms. The smallest absolute Gasteiger partial charge is 0.167 e. The summed E-state index contributed by atoms with van der Waals surface area (Å²) in [6.07, 6.45) is -1.65. The maximum atomic E-state index is 11.0. The highest BCUT2D eigenvalue weighted by Crippen LogP contribution is 2.20. The molecule has 0 amide bonds. The molecule has 2 unspecified atom stereocenters. The molecule has 1 saturated carbocycles. The van der Waals surface area contributed by atoms with Crippen LogP contribution in [0.2, 0.25) is 0 Å². The van der Waals surface area contributed by atoms with Crippen LogP contribution >= 0.6 is 0 Å². The number of hydrogen-bond acceptors (Lipinski definition) is 4. The van der Waals surface area contributed by atoms with Gasteiger partial charge < -0.3 is 14.6 Å². The molecule has 4 heteroatoms. The van der Waals surface area contributed by atoms with Gasteiger partial charge in [0.15, 0.2) is 5.78 Å². The zero-order chi connectivity index (χ0) is 8.43. The molecule has 0 radical (unpaired) electrons. The topological polar surface area (TPSA) is 55.8 Å². The van der Waals surface area contributed by atoms with Crippen molar-refractivity contribution >= 4 is 5.78 Å². The highest BCUT2D eigenvalue weighted by Gasteiger charge is 2.41. The molecular weight excluding hydrogens is 148 g/mol. The Bertz CT molecular complexity index is 157. The first-order valence-electron chi connectivity index (χ1n) is 3.47. The number of carbonyl (C=O) groups excluding carboxylic acids is 1. The van der Waals surface area contributed by atoms with Crippen molar-refractivity contribution in [3.05, 3.63) is 0 Å². The number of aliphatic hydroxyl groups is 1. The third-order valence-corrected chi connectivity index (χ3v) is 1.97. The Hall–Kier alpha value is -0.450. The van der Waals surface area contributed by atoms with Gasteiger partial charge in [0.05, 0.1) is 6.10 Å². The van der Waals surface area contributed by atoms with E-state index in [1.54, 1.807) is 0 Å². The number of ether oxygens (including phenoxy) is 2. The Morgan fingerprint density at radius 3 is 2.36 bits per heavy atom. The molecule has 0 aliphatic heterocycles. The fourth-order valence-electron chi connectivity index (χ4n) is 1.31. The van der Waals surface area contributed by atoms with Crippen molar-refractivity contribution in [2.45, 2.75) is 24.7 Å². The van der Waals surface area contributed by atoms with Crippen LogP contribution in [-0.4, -0.2) is 43.4 Å². The Labute approximate surface area is 65.1 Å². The average molecular weight is 160 g/mol. The van der Waals surface area contributed by atoms with E-state index < -0.39 is 18.3 Å². The molecule has 0 aromatic rings. The minimum Gasteiger partial charge on any atom is -0.387 e. The van der Waals surface area contributed by atoms with Crippen LogP contribution in [0.25, 0.3) is 0 Å². The average Bonchev–Trinajstić information content (AvgIpc) is 2.26. The van der Waals surface area contributed by atoms with Gasteiger partial charge in [-0.25, -0.2) is 0 Å². The lowest BCUT2D eigenvalue weighted by atomic mass is 10.2. The van der Waals surface area contributed by atoms with Gasteiger partial charge in [-0.2, -0.15) is 0 Å². The molecule has 4 nitrogen and oxygen atoms in total. The maximum Gasteiger partial charge on any atom is 0.167 e. The van der Waals surface area contributed by atoms with E-state index in [9.17, 15) is 9.90 Å². The van der Waals surface area contributed by atoms with Crippen molar-refractivity contribution in [1.82, 2.24) is 0 Å². The third-order valence-electron chi connectivity index (χ3n) is 1.97. The van der Waals surface area contributed by atoms with Crippen LogP contribution in [0.15, 0.2) is 0 Å². The first kappa shape index (κ1) is 8.64. The van der Waals surface area contributed by atoms with Gasteiger partial charge in [0.25, 0.3) is 0 Å². The van der Waals surface area contributed by atoms with Crippen LogP contribution in [0, 0.1) is 0 Å². The van der Waals surface area contributed by atoms with Gasteiger partial charge in [0, 0.05) is 20.6 Å². The standard InChI is InChI=1S/C7H12O4/c1-10-5-3-4(8)7(11-2)6(5)9/h5-7,9H,3H2,1-2H3/t5-,6?,7?/m1/s1. The number of ketones is 1. The number of rotatable bonds is 2. The minimum atomic E-state index is -0.808. The highest BCUT2D eigenvalue weighted by atomic mass is 16.5. The van der Waals surface area contributed by atoms with Gasteiger partial charge in [-0.05, 0) is 0 Å². The van der Waals surface area contributed by atoms with Crippen LogP contribution < -0.4 is 0 Å². The predicted octanol–water partition coefficient (Wildman–Crippen LogP) is -0.650. The summed E-state index contributed by atoms with van der Waals surface area (Å²) in [6.45, 7) is 0. The minimum absolute atomic E-state index is 0.0909. The van der Waals surface area contributed by atoms with E-state index in [2.05, 4.69) is 0 Å². The second-order valence-corrected chi connectivity index (χ2v) is 2.59. The molecular formula is C7H12O4. The van der Waals surface area contributed by atoms with E-state index in [-0.39, 0.29) is 12.2 Å². The number of Topliss-reactive ketones (excluding diaryl/α,β-unsaturated/α-hetero) is 1. The third kappa shape index (κ3) is 1.42. The van der Waals surface area contributed by atoms with Gasteiger partial charge in [-0.15, -0.1) is 0 Å². The van der Waals surface area contributed by atoms with Crippen molar-refractivity contribution in [3.8, 4) is 0 Å². The van der Waals surface area contributed by atoms with E-state index in [1.807, 2.05) is 0 Å². The monoisotopic (exact) mass is 160 g/mol. The van der Waals surface area contributed by atoms with E-state index in [0.717, 1.165) is 0 Å². The van der Waals surface area contributed by atoms with Crippen LogP contribution in [0.1, 0.15) is 6.42 Å². The second kappa shape index (κ2) is 3.30. The molecule has 1 aliphatic rings. The van der Waals surface area contributed by atoms with Crippen molar-refractivity contribution in [2.24, 2.45) is 0 Å². The molecule has 1 rings (SSSR count). The summed E-state index contributed by atoms with van der Waals surface area (Å²) in [5.74, 6) is -0.0909. The first-order valence-corrected chi connectivity index (χ1v) is 3.47. The van der Waals surface area contributed by atoms with E-state index in [1.165, 1.54) is 14.2 Å². The fraction of sp³-hybridized carbons (Fsp3) is 0.857. The predicted molar refractivity (Wildman–Crippen MR) is 37.2 cm³/mol. The van der Waals surface area contributed by atoms with Crippen LogP contribution in [0.3, 0.4) is 0 Å². The molecule has 0 aromatic heterocycles. The molecule has 0 saturated heterocycles. The highest BCUT2D eigenvalue weighted by molar-refractivity contribution is 5.86. The second-order valence-electron chi connectivity index (χ2n) is 2.59. The van der Waals surface area contributed by atoms with Crippen molar-refractivity contribution in [1.29, 1.82) is 0 Å². The maximum absolute atomic E-state index is 11.0. The Kier molecular flexibility index (Phi) is 2.59. The van der Waals surface area contributed by atoms with Gasteiger partial charge in [0.2, 0.25) is 0 Å². The molecule has 1 aliphatic carbocycles. The number of hydrogen-bond donors (Lipinski definition) is 1. The summed E-state index contributed by atoms with van der Waals surface area (Å²) < 4.78 is 9.66. The van der Waals surface area contributed by atoms with E-state index in [0.29, 0.717) is 0 Å². The largest absolute Gasteiger partial charge is 0.387 e. The van der Waals surface area contributed by atoms with Gasteiger partial charge >= 0.3 is 0 Å². The zero-order valence-corrected chi connectivity index (χ0v) is 6.61. The summed E-state index contributed by atoms with van der Waals surface area (Å²) in [4.78, 5) is 11.0. The summed E-state index contributed by atoms with van der Waals surface area (Å²) in [5.41, 5.74) is 0. The summed E-state index contributed by atoms with van der Waals surface area (Å²) >= 11 is 0. The lowest BCUT2D eigenvalue weighted by molar-refractivity contribution is -0.129. The SMILES string of the molecule is COC1C(=O)C[C@@H](OC)C1O. The molecule has 1 fully saturated rings. The Morgan fingerprint density at radius 1 is 1.45 bits per heavy atom. The summed E-state index contributed by atoms with van der Waals surface area (Å²) in [6, 6.07) is 0. The summed E-state index contributed by atoms with van der Waals surface area (Å²) in [7, 11) is 2.88. The molecule has 64 valence electrons. The molecule has 0 aromatic carbocycles. The van der Waals surface area contributed by atoms with E-state index >= 15 is 0 Å². The lowest BCUT2D eigenvalue weighted by Crippen LogP contribution is -2.33. The van der Waals surface area contributed by atoms with Gasteiger partial charge in [0.1, 0.15) is 12.2 Å². The van der Waals surface area contributed by atoms with Crippen LogP contribution in [0.4, 0.5) is 0 Å². The molecule has 11 heavy (non-hydrogen) atoms. The first-order chi connectivity index (χ1) is 5.20. The molecule has 0 spiro atoms. The van der Waals surface area contributed by atoms with Crippen LogP contribution in [0.5, 0.6) is 0 Å². The molecule has 3 atom stereocenters. The van der Waals surface area contributed by atoms with Crippen molar-refractivity contribution < 1.29 is 19.4 Å². The Morgan fingerprint density at radius 2 is 2.09 bits per heavy atom. The van der Waals surface area contributed by atoms with Crippen LogP contribution in [-0.2, 0) is 14.3 Å². The number of aliphatic hydroxyl groups excluding tert-OH is 1. The number of methoxy groups -OCH3 is 2. The zero-order valence-electron chi connectivity index (χ0n) is 6.61. The van der Waals surface area contributed by atoms with E-state index in [4.69, 9.17) is 9.47 Å².